The molecule has 0 unspecified atom stereocenters. The highest BCUT2D eigenvalue weighted by Gasteiger charge is 2.57. The molecule has 2 fully saturated rings. The molecule has 2 saturated carbocycles. The standard InChI is InChI=1S/C19H23N3O3/c1-2-25-15-11-14(19(15)8-4-5-9-19)21-17(23)13-12-20-16-7-3-6-10-22(16)18(13)24/h3,6-7,10,12,14-15H,2,4-5,8-9,11H2,1H3,(H,21,23)/t14-,15-/m0/s1. The minimum absolute atomic E-state index is 0.0478. The molecule has 1 spiro atoms. The molecule has 4 rings (SSSR count). The van der Waals surface area contributed by atoms with Gasteiger partial charge in [0.25, 0.3) is 11.5 Å². The van der Waals surface area contributed by atoms with Crippen LogP contribution in [0.4, 0.5) is 0 Å². The number of ether oxygens (including phenoxy) is 1. The van der Waals surface area contributed by atoms with E-state index in [0.717, 1.165) is 19.3 Å². The molecular weight excluding hydrogens is 318 g/mol. The van der Waals surface area contributed by atoms with Crippen molar-refractivity contribution in [3.05, 3.63) is 46.5 Å². The van der Waals surface area contributed by atoms with Crippen LogP contribution in [0.1, 0.15) is 49.4 Å². The normalized spacial score (nSPS) is 24.4. The Morgan fingerprint density at radius 2 is 2.20 bits per heavy atom. The van der Waals surface area contributed by atoms with Gasteiger partial charge in [-0.1, -0.05) is 18.9 Å². The number of carbonyl (C=O) groups excluding carboxylic acids is 1. The second-order valence-corrected chi connectivity index (χ2v) is 7.05. The van der Waals surface area contributed by atoms with Crippen molar-refractivity contribution in [3.63, 3.8) is 0 Å². The first-order chi connectivity index (χ1) is 12.2. The third kappa shape index (κ3) is 2.56. The molecule has 1 N–H and O–H groups in total. The van der Waals surface area contributed by atoms with Crippen LogP contribution in [0.3, 0.4) is 0 Å². The van der Waals surface area contributed by atoms with Crippen molar-refractivity contribution in [1.29, 1.82) is 0 Å². The van der Waals surface area contributed by atoms with E-state index in [4.69, 9.17) is 4.74 Å². The van der Waals surface area contributed by atoms with Crippen LogP contribution in [0.25, 0.3) is 5.65 Å². The number of nitrogens with one attached hydrogen (secondary N) is 1. The molecule has 0 saturated heterocycles. The summed E-state index contributed by atoms with van der Waals surface area (Å²) < 4.78 is 7.29. The van der Waals surface area contributed by atoms with Crippen molar-refractivity contribution < 1.29 is 9.53 Å². The van der Waals surface area contributed by atoms with E-state index in [1.54, 1.807) is 18.3 Å². The smallest absolute Gasteiger partial charge is 0.270 e. The Kier molecular flexibility index (Phi) is 4.07. The quantitative estimate of drug-likeness (QED) is 0.925. The largest absolute Gasteiger partial charge is 0.378 e. The van der Waals surface area contributed by atoms with E-state index in [1.165, 1.54) is 23.4 Å². The van der Waals surface area contributed by atoms with Crippen molar-refractivity contribution in [2.75, 3.05) is 6.61 Å². The van der Waals surface area contributed by atoms with Gasteiger partial charge >= 0.3 is 0 Å². The van der Waals surface area contributed by atoms with E-state index in [-0.39, 0.29) is 34.6 Å². The summed E-state index contributed by atoms with van der Waals surface area (Å²) in [5.74, 6) is -0.332. The zero-order valence-electron chi connectivity index (χ0n) is 14.4. The van der Waals surface area contributed by atoms with E-state index in [2.05, 4.69) is 10.3 Å². The Hall–Kier alpha value is -2.21. The minimum Gasteiger partial charge on any atom is -0.378 e. The first-order valence-corrected chi connectivity index (χ1v) is 9.04. The molecular formula is C19H23N3O3. The highest BCUT2D eigenvalue weighted by molar-refractivity contribution is 5.94. The van der Waals surface area contributed by atoms with Crippen LogP contribution in [0.2, 0.25) is 0 Å². The Bertz CT molecular complexity index is 854. The van der Waals surface area contributed by atoms with E-state index in [9.17, 15) is 9.59 Å². The van der Waals surface area contributed by atoms with Gasteiger partial charge in [-0.05, 0) is 38.3 Å². The van der Waals surface area contributed by atoms with Crippen LogP contribution in [0.15, 0.2) is 35.4 Å². The molecule has 0 radical (unpaired) electrons. The van der Waals surface area contributed by atoms with E-state index < -0.39 is 0 Å². The van der Waals surface area contributed by atoms with E-state index in [0.29, 0.717) is 12.3 Å². The number of hydrogen-bond acceptors (Lipinski definition) is 4. The minimum atomic E-state index is -0.332. The molecule has 132 valence electrons. The van der Waals surface area contributed by atoms with Crippen molar-refractivity contribution in [2.24, 2.45) is 5.41 Å². The number of pyridine rings is 1. The van der Waals surface area contributed by atoms with Gasteiger partial charge in [-0.25, -0.2) is 4.98 Å². The van der Waals surface area contributed by atoms with Gasteiger partial charge in [-0.3, -0.25) is 14.0 Å². The molecule has 1 amide bonds. The maximum absolute atomic E-state index is 12.7. The number of carbonyl (C=O) groups is 1. The average Bonchev–Trinajstić information content (AvgIpc) is 3.14. The van der Waals surface area contributed by atoms with E-state index in [1.807, 2.05) is 13.0 Å². The lowest BCUT2D eigenvalue weighted by Gasteiger charge is -2.54. The van der Waals surface area contributed by atoms with Crippen LogP contribution >= 0.6 is 0 Å². The first-order valence-electron chi connectivity index (χ1n) is 9.04. The fourth-order valence-corrected chi connectivity index (χ4v) is 4.51. The number of hydrogen-bond donors (Lipinski definition) is 1. The Labute approximate surface area is 146 Å². The van der Waals surface area contributed by atoms with Crippen LogP contribution in [0.5, 0.6) is 0 Å². The number of aromatic nitrogens is 2. The molecule has 2 aliphatic carbocycles. The summed E-state index contributed by atoms with van der Waals surface area (Å²) in [7, 11) is 0. The Morgan fingerprint density at radius 1 is 1.40 bits per heavy atom. The fourth-order valence-electron chi connectivity index (χ4n) is 4.51. The summed E-state index contributed by atoms with van der Waals surface area (Å²) in [4.78, 5) is 29.5. The monoisotopic (exact) mass is 341 g/mol. The molecule has 2 heterocycles. The summed E-state index contributed by atoms with van der Waals surface area (Å²) in [6.45, 7) is 2.71. The lowest BCUT2D eigenvalue weighted by atomic mass is 9.60. The van der Waals surface area contributed by atoms with Crippen molar-refractivity contribution in [2.45, 2.75) is 51.2 Å². The van der Waals surface area contributed by atoms with Crippen LogP contribution in [-0.2, 0) is 4.74 Å². The number of rotatable bonds is 4. The fraction of sp³-hybridized carbons (Fsp3) is 0.526. The van der Waals surface area contributed by atoms with Crippen LogP contribution in [-0.4, -0.2) is 34.0 Å². The summed E-state index contributed by atoms with van der Waals surface area (Å²) in [5.41, 5.74) is 0.351. The molecule has 2 atom stereocenters. The third-order valence-electron chi connectivity index (χ3n) is 5.85. The zero-order valence-corrected chi connectivity index (χ0v) is 14.4. The molecule has 0 aliphatic heterocycles. The molecule has 0 bridgehead atoms. The van der Waals surface area contributed by atoms with Crippen molar-refractivity contribution >= 4 is 11.6 Å². The summed E-state index contributed by atoms with van der Waals surface area (Å²) >= 11 is 0. The molecule has 2 aromatic rings. The van der Waals surface area contributed by atoms with Gasteiger partial charge in [0.15, 0.2) is 0 Å². The third-order valence-corrected chi connectivity index (χ3v) is 5.85. The van der Waals surface area contributed by atoms with Gasteiger partial charge < -0.3 is 10.1 Å². The first kappa shape index (κ1) is 16.3. The molecule has 2 aromatic heterocycles. The number of fused-ring (bicyclic) bond motifs is 1. The highest BCUT2D eigenvalue weighted by Crippen LogP contribution is 2.54. The highest BCUT2D eigenvalue weighted by atomic mass is 16.5. The number of nitrogens with zero attached hydrogens (tertiary/aromatic N) is 2. The Balaban J connectivity index is 1.57. The molecule has 25 heavy (non-hydrogen) atoms. The van der Waals surface area contributed by atoms with Crippen molar-refractivity contribution in [1.82, 2.24) is 14.7 Å². The molecule has 6 nitrogen and oxygen atoms in total. The maximum atomic E-state index is 12.7. The second-order valence-electron chi connectivity index (χ2n) is 7.05. The van der Waals surface area contributed by atoms with Gasteiger partial charge in [-0.15, -0.1) is 0 Å². The molecule has 2 aliphatic rings. The van der Waals surface area contributed by atoms with Gasteiger partial charge in [0.2, 0.25) is 0 Å². The topological polar surface area (TPSA) is 72.7 Å². The molecule has 0 aromatic carbocycles. The lowest BCUT2D eigenvalue weighted by molar-refractivity contribution is -0.127. The lowest BCUT2D eigenvalue weighted by Crippen LogP contribution is -2.64. The van der Waals surface area contributed by atoms with Crippen molar-refractivity contribution in [3.8, 4) is 0 Å². The van der Waals surface area contributed by atoms with Gasteiger partial charge in [-0.2, -0.15) is 0 Å². The predicted octanol–water partition coefficient (Wildman–Crippen LogP) is 2.16. The number of amides is 1. The average molecular weight is 341 g/mol. The maximum Gasteiger partial charge on any atom is 0.270 e. The van der Waals surface area contributed by atoms with E-state index >= 15 is 0 Å². The summed E-state index contributed by atoms with van der Waals surface area (Å²) in [6, 6.07) is 5.39. The van der Waals surface area contributed by atoms with Crippen LogP contribution in [0, 0.1) is 5.41 Å². The summed E-state index contributed by atoms with van der Waals surface area (Å²) in [5, 5.41) is 3.09. The predicted molar refractivity (Wildman–Crippen MR) is 93.6 cm³/mol. The van der Waals surface area contributed by atoms with Crippen LogP contribution < -0.4 is 10.9 Å². The SMILES string of the molecule is CCO[C@H]1C[C@H](NC(=O)c2cnc3ccccn3c2=O)C12CCCC2. The molecule has 6 heteroatoms. The Morgan fingerprint density at radius 3 is 2.96 bits per heavy atom. The second kappa shape index (κ2) is 6.26. The van der Waals surface area contributed by atoms with Gasteiger partial charge in [0, 0.05) is 30.5 Å². The summed E-state index contributed by atoms with van der Waals surface area (Å²) in [6.07, 6.45) is 8.58. The van der Waals surface area contributed by atoms with Gasteiger partial charge in [0.05, 0.1) is 6.10 Å². The zero-order chi connectivity index (χ0) is 17.4. The van der Waals surface area contributed by atoms with Gasteiger partial charge in [0.1, 0.15) is 11.2 Å².